The molecule has 0 saturated carbocycles. The van der Waals surface area contributed by atoms with Crippen molar-refractivity contribution in [1.82, 2.24) is 0 Å². The van der Waals surface area contributed by atoms with Crippen LogP contribution in [0.1, 0.15) is 70.4 Å². The highest BCUT2D eigenvalue weighted by molar-refractivity contribution is 7.87. The number of allylic oxidation sites excluding steroid dienone is 8. The monoisotopic (exact) mass is 1120 g/mol. The maximum absolute atomic E-state index is 12.8. The summed E-state index contributed by atoms with van der Waals surface area (Å²) in [6.45, 7) is 8.06. The van der Waals surface area contributed by atoms with Crippen LogP contribution in [0.25, 0.3) is 21.5 Å². The molecule has 2 atom stereocenters. The molecule has 24 heteroatoms. The number of methoxy groups -OCH3 is 2. The molecule has 6 rings (SSSR count). The Hall–Kier alpha value is -5.22. The Bertz CT molecular complexity index is 3460. The summed E-state index contributed by atoms with van der Waals surface area (Å²) in [4.78, 5) is 10.5. The SMILES string of the molecule is CC[N+]1=C(/C=C/C=C/C=C/C=C2/N(CCCCCC(=O)O)c3ccc4c(S(=O)(=O)O)cc(S(=O)(=O)O)cc4c3C2(C)CCOCCOC)C(C)(CCOCCOC)c2c1ccc1c(S(=O)(=O)O)cc(S(=O)(=O)O)cc21. The average Bonchev–Trinajstić information content (AvgIpc) is 3.71. The van der Waals surface area contributed by atoms with Crippen molar-refractivity contribution in [2.24, 2.45) is 0 Å². The lowest BCUT2D eigenvalue weighted by molar-refractivity contribution is -0.433. The molecule has 0 amide bonds. The van der Waals surface area contributed by atoms with Gasteiger partial charge in [-0.25, -0.2) is 0 Å². The fraction of sp³-hybridized carbons (Fsp3) is 0.412. The zero-order chi connectivity index (χ0) is 55.1. The number of nitrogens with zero attached hydrogens (tertiary/aromatic N) is 2. The van der Waals surface area contributed by atoms with Crippen LogP contribution in [0.4, 0.5) is 11.4 Å². The first-order valence-corrected chi connectivity index (χ1v) is 29.6. The summed E-state index contributed by atoms with van der Waals surface area (Å²) < 4.78 is 166. The van der Waals surface area contributed by atoms with Crippen LogP contribution in [-0.2, 0) is 75.0 Å². The van der Waals surface area contributed by atoms with E-state index in [4.69, 9.17) is 18.9 Å². The van der Waals surface area contributed by atoms with Gasteiger partial charge in [-0.05, 0) is 105 Å². The molecule has 2 heterocycles. The van der Waals surface area contributed by atoms with E-state index in [9.17, 15) is 61.8 Å². The molecule has 0 aromatic heterocycles. The van der Waals surface area contributed by atoms with Crippen molar-refractivity contribution >= 4 is 85.1 Å². The molecule has 2 aliphatic rings. The van der Waals surface area contributed by atoms with E-state index in [1.165, 1.54) is 38.5 Å². The normalized spacial score (nSPS) is 19.1. The van der Waals surface area contributed by atoms with Crippen molar-refractivity contribution in [3.8, 4) is 0 Å². The Labute approximate surface area is 437 Å². The summed E-state index contributed by atoms with van der Waals surface area (Å²) in [6.07, 6.45) is 14.7. The third kappa shape index (κ3) is 13.1. The van der Waals surface area contributed by atoms with Crippen LogP contribution >= 0.6 is 0 Å². The Morgan fingerprint density at radius 3 is 1.65 bits per heavy atom. The van der Waals surface area contributed by atoms with E-state index < -0.39 is 76.9 Å². The minimum absolute atomic E-state index is 0.0154. The van der Waals surface area contributed by atoms with Crippen LogP contribution < -0.4 is 4.90 Å². The molecular formula is C51H63N2O18S4+. The summed E-state index contributed by atoms with van der Waals surface area (Å²) in [6, 6.07) is 10.1. The molecule has 4 aromatic carbocycles. The van der Waals surface area contributed by atoms with Gasteiger partial charge in [-0.15, -0.1) is 0 Å². The van der Waals surface area contributed by atoms with Gasteiger partial charge in [0.2, 0.25) is 5.69 Å². The number of carbonyl (C=O) groups is 1. The van der Waals surface area contributed by atoms with Crippen molar-refractivity contribution in [1.29, 1.82) is 0 Å². The van der Waals surface area contributed by atoms with Crippen molar-refractivity contribution < 1.29 is 85.3 Å². The van der Waals surface area contributed by atoms with E-state index in [0.717, 1.165) is 11.8 Å². The van der Waals surface area contributed by atoms with Gasteiger partial charge in [0.05, 0.1) is 41.6 Å². The number of fused-ring (bicyclic) bond motifs is 6. The van der Waals surface area contributed by atoms with Crippen LogP contribution in [0.2, 0.25) is 0 Å². The molecular weight excluding hydrogens is 1060 g/mol. The molecule has 2 aliphatic heterocycles. The van der Waals surface area contributed by atoms with E-state index in [1.807, 2.05) is 42.4 Å². The fourth-order valence-corrected chi connectivity index (χ4v) is 12.7. The molecule has 0 fully saturated rings. The third-order valence-corrected chi connectivity index (χ3v) is 17.0. The molecule has 408 valence electrons. The number of hydrogen-bond donors (Lipinski definition) is 5. The minimum atomic E-state index is -5.02. The minimum Gasteiger partial charge on any atom is -0.481 e. The largest absolute Gasteiger partial charge is 0.481 e. The quantitative estimate of drug-likeness (QED) is 0.0168. The summed E-state index contributed by atoms with van der Waals surface area (Å²) in [7, 11) is -16.9. The Morgan fingerprint density at radius 1 is 0.613 bits per heavy atom. The molecule has 0 spiro atoms. The molecule has 75 heavy (non-hydrogen) atoms. The Kier molecular flexibility index (Phi) is 18.9. The van der Waals surface area contributed by atoms with E-state index in [2.05, 4.69) is 0 Å². The number of rotatable bonds is 27. The second-order valence-corrected chi connectivity index (χ2v) is 24.0. The summed E-state index contributed by atoms with van der Waals surface area (Å²) in [5.41, 5.74) is 1.74. The molecule has 0 saturated heterocycles. The number of hydrogen-bond acceptors (Lipinski definition) is 14. The highest BCUT2D eigenvalue weighted by Gasteiger charge is 2.49. The number of anilines is 1. The van der Waals surface area contributed by atoms with Crippen molar-refractivity contribution in [2.45, 2.75) is 89.7 Å². The average molecular weight is 1120 g/mol. The molecule has 2 unspecified atom stereocenters. The van der Waals surface area contributed by atoms with Gasteiger partial charge in [-0.1, -0.05) is 42.9 Å². The Morgan fingerprint density at radius 2 is 1.13 bits per heavy atom. The summed E-state index contributed by atoms with van der Waals surface area (Å²) >= 11 is 0. The number of carboxylic acid groups (broad SMARTS) is 1. The van der Waals surface area contributed by atoms with Crippen molar-refractivity contribution in [3.05, 3.63) is 108 Å². The maximum atomic E-state index is 12.8. The molecule has 20 nitrogen and oxygen atoms in total. The van der Waals surface area contributed by atoms with Crippen LogP contribution in [0, 0.1) is 0 Å². The number of benzene rings is 4. The number of unbranched alkanes of at least 4 members (excludes halogenated alkanes) is 2. The van der Waals surface area contributed by atoms with E-state index in [0.29, 0.717) is 86.3 Å². The van der Waals surface area contributed by atoms with Gasteiger partial charge in [0.1, 0.15) is 16.3 Å². The first kappa shape index (κ1) is 59.0. The topological polar surface area (TPSA) is 298 Å². The van der Waals surface area contributed by atoms with Crippen LogP contribution in [0.5, 0.6) is 0 Å². The van der Waals surface area contributed by atoms with E-state index in [1.54, 1.807) is 42.5 Å². The predicted octanol–water partition coefficient (Wildman–Crippen LogP) is 7.44. The number of ether oxygens (including phenoxy) is 4. The molecule has 0 bridgehead atoms. The van der Waals surface area contributed by atoms with Gasteiger partial charge in [-0.2, -0.15) is 38.2 Å². The standard InChI is InChI=1S/C51H62N2O18S4/c1-6-52-41-20-18-37-39(31-35(72(56,57)58)33-43(37)74(62,63)64)48(41)50(2,22-25-70-29-27-68-4)45(52)15-11-8-7-9-12-16-46-51(3,23-26-71-30-28-69-5)49-40-32-36(73(59,60)61)34-44(75(65,66)67)38(40)19-21-42(49)53(46)24-14-10-13-17-47(54)55/h7-9,11-12,15-16,18-21,31-34H,6,10,13-14,17,22-30H2,1-5H3,(H4-,54,55,56,57,58,59,60,61,62,63,64,65,66,67)/p+1. The second-order valence-electron chi connectivity index (χ2n) is 18.4. The lowest BCUT2D eigenvalue weighted by atomic mass is 9.75. The third-order valence-electron chi connectivity index (χ3n) is 13.5. The van der Waals surface area contributed by atoms with E-state index >= 15 is 0 Å². The van der Waals surface area contributed by atoms with Gasteiger partial charge in [0, 0.05) is 85.7 Å². The molecule has 0 radical (unpaired) electrons. The number of carboxylic acids is 1. The smallest absolute Gasteiger partial charge is 0.303 e. The van der Waals surface area contributed by atoms with Gasteiger partial charge in [0.25, 0.3) is 40.5 Å². The first-order valence-electron chi connectivity index (χ1n) is 23.9. The fourth-order valence-electron chi connectivity index (χ4n) is 10.1. The lowest BCUT2D eigenvalue weighted by Crippen LogP contribution is -2.33. The summed E-state index contributed by atoms with van der Waals surface area (Å²) in [5.74, 6) is -0.929. The summed E-state index contributed by atoms with van der Waals surface area (Å²) in [5, 5.41) is 9.69. The predicted molar refractivity (Wildman–Crippen MR) is 281 cm³/mol. The Balaban J connectivity index is 1.45. The molecule has 5 N–H and O–H groups in total. The van der Waals surface area contributed by atoms with Gasteiger partial charge in [0.15, 0.2) is 5.71 Å². The zero-order valence-electron chi connectivity index (χ0n) is 42.1. The highest BCUT2D eigenvalue weighted by Crippen LogP contribution is 2.54. The first-order chi connectivity index (χ1) is 35.2. The van der Waals surface area contributed by atoms with Crippen molar-refractivity contribution in [3.63, 3.8) is 0 Å². The van der Waals surface area contributed by atoms with Crippen LogP contribution in [-0.4, -0.2) is 140 Å². The van der Waals surface area contributed by atoms with Crippen molar-refractivity contribution in [2.75, 3.05) is 71.9 Å². The van der Waals surface area contributed by atoms with Gasteiger partial charge >= 0.3 is 5.97 Å². The second kappa shape index (κ2) is 24.0. The maximum Gasteiger partial charge on any atom is 0.303 e. The lowest BCUT2D eigenvalue weighted by Gasteiger charge is -2.31. The van der Waals surface area contributed by atoms with Gasteiger partial charge in [-0.3, -0.25) is 23.0 Å². The zero-order valence-corrected chi connectivity index (χ0v) is 45.4. The highest BCUT2D eigenvalue weighted by atomic mass is 32.2. The molecule has 0 aliphatic carbocycles. The van der Waals surface area contributed by atoms with Crippen LogP contribution in [0.15, 0.2) is 116 Å². The van der Waals surface area contributed by atoms with E-state index in [-0.39, 0.29) is 60.8 Å². The van der Waals surface area contributed by atoms with Crippen LogP contribution in [0.3, 0.4) is 0 Å². The van der Waals surface area contributed by atoms with Gasteiger partial charge < -0.3 is 29.0 Å². The molecule has 4 aromatic rings. The number of aliphatic carboxylic acids is 1.